The van der Waals surface area contributed by atoms with Crippen LogP contribution in [0.3, 0.4) is 0 Å². The summed E-state index contributed by atoms with van der Waals surface area (Å²) >= 11 is 0. The number of aryl methyl sites for hydroxylation is 3. The summed E-state index contributed by atoms with van der Waals surface area (Å²) in [6.07, 6.45) is 1.47. The van der Waals surface area contributed by atoms with Crippen LogP contribution in [0.5, 0.6) is 11.5 Å². The number of aromatic amines is 1. The minimum absolute atomic E-state index is 0.117. The molecule has 0 aliphatic carbocycles. The first-order chi connectivity index (χ1) is 13.9. The summed E-state index contributed by atoms with van der Waals surface area (Å²) in [5, 5.41) is 3.78. The number of hydrogen-bond acceptors (Lipinski definition) is 4. The number of methoxy groups -OCH3 is 2. The van der Waals surface area contributed by atoms with Gasteiger partial charge in [0, 0.05) is 29.1 Å². The van der Waals surface area contributed by atoms with Crippen molar-refractivity contribution in [2.24, 2.45) is 0 Å². The summed E-state index contributed by atoms with van der Waals surface area (Å²) in [7, 11) is 3.11. The summed E-state index contributed by atoms with van der Waals surface area (Å²) in [5.41, 5.74) is 4.01. The lowest BCUT2D eigenvalue weighted by atomic mass is 10.1. The van der Waals surface area contributed by atoms with Gasteiger partial charge in [0.1, 0.15) is 0 Å². The molecule has 1 heterocycles. The maximum Gasteiger partial charge on any atom is 0.251 e. The molecule has 0 spiro atoms. The Morgan fingerprint density at radius 1 is 1.07 bits per heavy atom. The fraction of sp³-hybridized carbons (Fsp3) is 0.304. The third kappa shape index (κ3) is 4.59. The fourth-order valence-electron chi connectivity index (χ4n) is 3.25. The van der Waals surface area contributed by atoms with E-state index in [2.05, 4.69) is 23.3 Å². The normalized spacial score (nSPS) is 10.8. The summed E-state index contributed by atoms with van der Waals surface area (Å²) in [6.45, 7) is 4.04. The Hall–Kier alpha value is -3.28. The van der Waals surface area contributed by atoms with Crippen LogP contribution in [0.1, 0.15) is 30.0 Å². The number of anilines is 1. The van der Waals surface area contributed by atoms with Gasteiger partial charge in [-0.2, -0.15) is 0 Å². The molecule has 0 unspecified atom stereocenters. The van der Waals surface area contributed by atoms with Crippen molar-refractivity contribution in [3.63, 3.8) is 0 Å². The lowest BCUT2D eigenvalue weighted by molar-refractivity contribution is -0.116. The number of aromatic nitrogens is 1. The molecule has 0 bridgehead atoms. The number of nitrogens with one attached hydrogen (secondary N) is 2. The number of benzene rings is 2. The molecule has 0 aliphatic rings. The first-order valence-corrected chi connectivity index (χ1v) is 9.62. The van der Waals surface area contributed by atoms with Crippen molar-refractivity contribution in [2.75, 3.05) is 19.5 Å². The van der Waals surface area contributed by atoms with E-state index in [9.17, 15) is 9.59 Å². The molecule has 0 radical (unpaired) electrons. The Balaban J connectivity index is 1.77. The molecule has 29 heavy (non-hydrogen) atoms. The number of pyridine rings is 1. The van der Waals surface area contributed by atoms with Crippen LogP contribution < -0.4 is 20.3 Å². The van der Waals surface area contributed by atoms with Gasteiger partial charge in [-0.05, 0) is 49.1 Å². The maximum absolute atomic E-state index is 12.4. The van der Waals surface area contributed by atoms with Crippen molar-refractivity contribution in [3.05, 3.63) is 63.4 Å². The predicted molar refractivity (Wildman–Crippen MR) is 115 cm³/mol. The number of fused-ring (bicyclic) bond motifs is 1. The molecular weight excluding hydrogens is 368 g/mol. The number of H-pyrrole nitrogens is 1. The maximum atomic E-state index is 12.4. The molecule has 2 aromatic carbocycles. The van der Waals surface area contributed by atoms with Crippen LogP contribution in [-0.4, -0.2) is 25.1 Å². The van der Waals surface area contributed by atoms with Crippen LogP contribution in [0.25, 0.3) is 10.9 Å². The third-order valence-corrected chi connectivity index (χ3v) is 5.03. The average Bonchev–Trinajstić information content (AvgIpc) is 2.72. The minimum Gasteiger partial charge on any atom is -0.493 e. The molecule has 1 amide bonds. The van der Waals surface area contributed by atoms with E-state index in [0.717, 1.165) is 23.1 Å². The highest BCUT2D eigenvalue weighted by molar-refractivity contribution is 5.92. The van der Waals surface area contributed by atoms with Gasteiger partial charge in [0.05, 0.1) is 19.7 Å². The van der Waals surface area contributed by atoms with Gasteiger partial charge in [-0.1, -0.05) is 19.1 Å². The van der Waals surface area contributed by atoms with Gasteiger partial charge in [-0.15, -0.1) is 0 Å². The standard InChI is InChI=1S/C23H26N2O4/c1-5-15-7-6-14(2)18(10-15)24-22(26)9-8-16-11-17-12-20(28-3)21(29-4)13-19(17)25-23(16)27/h6-7,10-13H,5,8-9H2,1-4H3,(H,24,26)(H,25,27). The number of hydrogen-bond donors (Lipinski definition) is 2. The first-order valence-electron chi connectivity index (χ1n) is 9.62. The van der Waals surface area contributed by atoms with Crippen LogP contribution in [0.2, 0.25) is 0 Å². The van der Waals surface area contributed by atoms with Crippen molar-refractivity contribution in [1.82, 2.24) is 4.98 Å². The van der Waals surface area contributed by atoms with Gasteiger partial charge >= 0.3 is 0 Å². The lowest BCUT2D eigenvalue weighted by Crippen LogP contribution is -2.17. The molecule has 0 saturated heterocycles. The topological polar surface area (TPSA) is 80.4 Å². The largest absolute Gasteiger partial charge is 0.493 e. The number of ether oxygens (including phenoxy) is 2. The van der Waals surface area contributed by atoms with E-state index in [1.807, 2.05) is 25.1 Å². The Morgan fingerprint density at radius 2 is 1.79 bits per heavy atom. The average molecular weight is 394 g/mol. The monoisotopic (exact) mass is 394 g/mol. The van der Waals surface area contributed by atoms with Crippen molar-refractivity contribution in [2.45, 2.75) is 33.1 Å². The Labute approximate surface area is 169 Å². The van der Waals surface area contributed by atoms with E-state index in [0.29, 0.717) is 29.0 Å². The molecule has 2 N–H and O–H groups in total. The highest BCUT2D eigenvalue weighted by Gasteiger charge is 2.11. The highest BCUT2D eigenvalue weighted by atomic mass is 16.5. The molecule has 0 fully saturated rings. The third-order valence-electron chi connectivity index (χ3n) is 5.03. The predicted octanol–water partition coefficient (Wildman–Crippen LogP) is 3.99. The summed E-state index contributed by atoms with van der Waals surface area (Å²) < 4.78 is 10.6. The molecule has 0 aliphatic heterocycles. The van der Waals surface area contributed by atoms with Gasteiger partial charge in [-0.25, -0.2) is 0 Å². The van der Waals surface area contributed by atoms with E-state index in [4.69, 9.17) is 9.47 Å². The zero-order valence-electron chi connectivity index (χ0n) is 17.2. The first kappa shape index (κ1) is 20.5. The van der Waals surface area contributed by atoms with E-state index in [1.165, 1.54) is 5.56 Å². The van der Waals surface area contributed by atoms with Crippen LogP contribution in [-0.2, 0) is 17.6 Å². The molecule has 0 atom stereocenters. The molecule has 6 heteroatoms. The number of carbonyl (C=O) groups is 1. The quantitative estimate of drug-likeness (QED) is 0.635. The molecule has 1 aromatic heterocycles. The van der Waals surface area contributed by atoms with Crippen LogP contribution in [0.4, 0.5) is 5.69 Å². The van der Waals surface area contributed by atoms with E-state index >= 15 is 0 Å². The second kappa shape index (κ2) is 8.82. The molecule has 152 valence electrons. The zero-order valence-corrected chi connectivity index (χ0v) is 17.2. The molecular formula is C23H26N2O4. The van der Waals surface area contributed by atoms with Crippen LogP contribution in [0, 0.1) is 6.92 Å². The van der Waals surface area contributed by atoms with Gasteiger partial charge in [-0.3, -0.25) is 9.59 Å². The molecule has 6 nitrogen and oxygen atoms in total. The van der Waals surface area contributed by atoms with Crippen molar-refractivity contribution >= 4 is 22.5 Å². The Bertz CT molecular complexity index is 1100. The van der Waals surface area contributed by atoms with E-state index in [1.54, 1.807) is 26.4 Å². The molecule has 3 rings (SSSR count). The highest BCUT2D eigenvalue weighted by Crippen LogP contribution is 2.31. The van der Waals surface area contributed by atoms with Crippen LogP contribution in [0.15, 0.2) is 41.2 Å². The summed E-state index contributed by atoms with van der Waals surface area (Å²) in [5.74, 6) is 1.02. The summed E-state index contributed by atoms with van der Waals surface area (Å²) in [6, 6.07) is 11.4. The van der Waals surface area contributed by atoms with Crippen molar-refractivity contribution in [3.8, 4) is 11.5 Å². The Kier molecular flexibility index (Phi) is 6.22. The van der Waals surface area contributed by atoms with Gasteiger partial charge in [0.25, 0.3) is 5.56 Å². The molecule has 3 aromatic rings. The fourth-order valence-corrected chi connectivity index (χ4v) is 3.25. The smallest absolute Gasteiger partial charge is 0.251 e. The lowest BCUT2D eigenvalue weighted by Gasteiger charge is -2.11. The van der Waals surface area contributed by atoms with Gasteiger partial charge in [0.15, 0.2) is 11.5 Å². The second-order valence-corrected chi connectivity index (χ2v) is 6.97. The van der Waals surface area contributed by atoms with Crippen molar-refractivity contribution in [1.29, 1.82) is 0 Å². The van der Waals surface area contributed by atoms with Gasteiger partial charge < -0.3 is 19.8 Å². The minimum atomic E-state index is -0.207. The number of amides is 1. The SMILES string of the molecule is CCc1ccc(C)c(NC(=O)CCc2cc3cc(OC)c(OC)cc3[nH]c2=O)c1. The van der Waals surface area contributed by atoms with Crippen LogP contribution >= 0.6 is 0 Å². The zero-order chi connectivity index (χ0) is 21.0. The van der Waals surface area contributed by atoms with E-state index in [-0.39, 0.29) is 17.9 Å². The van der Waals surface area contributed by atoms with Crippen molar-refractivity contribution < 1.29 is 14.3 Å². The van der Waals surface area contributed by atoms with Gasteiger partial charge in [0.2, 0.25) is 5.91 Å². The number of rotatable bonds is 7. The second-order valence-electron chi connectivity index (χ2n) is 6.97. The van der Waals surface area contributed by atoms with E-state index < -0.39 is 0 Å². The Morgan fingerprint density at radius 3 is 2.48 bits per heavy atom. The molecule has 0 saturated carbocycles. The summed E-state index contributed by atoms with van der Waals surface area (Å²) in [4.78, 5) is 27.7. The number of carbonyl (C=O) groups excluding carboxylic acids is 1.